The number of oxazole rings is 1. The van der Waals surface area contributed by atoms with Crippen LogP contribution in [0, 0.1) is 0 Å². The van der Waals surface area contributed by atoms with Crippen LogP contribution in [-0.4, -0.2) is 18.1 Å². The average molecular weight is 332 g/mol. The second-order valence-electron chi connectivity index (χ2n) is 4.20. The fourth-order valence-corrected chi connectivity index (χ4v) is 2.27. The van der Waals surface area contributed by atoms with Gasteiger partial charge < -0.3 is 9.15 Å². The molecule has 2 aromatic carbocycles. The summed E-state index contributed by atoms with van der Waals surface area (Å²) in [6, 6.07) is 12.6. The zero-order valence-corrected chi connectivity index (χ0v) is 12.2. The van der Waals surface area contributed by atoms with Crippen LogP contribution in [0.2, 0.25) is 0 Å². The van der Waals surface area contributed by atoms with Crippen molar-refractivity contribution in [1.82, 2.24) is 4.98 Å². The van der Waals surface area contributed by atoms with E-state index in [1.165, 1.54) is 7.11 Å². The molecule has 0 aliphatic rings. The number of rotatable bonds is 2. The van der Waals surface area contributed by atoms with Gasteiger partial charge in [0.1, 0.15) is 5.52 Å². The molecule has 0 aliphatic carbocycles. The minimum Gasteiger partial charge on any atom is -0.465 e. The van der Waals surface area contributed by atoms with Gasteiger partial charge in [0.25, 0.3) is 0 Å². The molecule has 0 spiro atoms. The third-order valence-corrected chi connectivity index (χ3v) is 3.37. The number of hydrogen-bond donors (Lipinski definition) is 0. The Morgan fingerprint density at radius 1 is 1.25 bits per heavy atom. The molecule has 0 bridgehead atoms. The smallest absolute Gasteiger partial charge is 0.337 e. The number of ether oxygens (including phenoxy) is 1. The molecule has 3 aromatic rings. The van der Waals surface area contributed by atoms with Gasteiger partial charge in [-0.3, -0.25) is 0 Å². The van der Waals surface area contributed by atoms with Gasteiger partial charge in [-0.2, -0.15) is 0 Å². The minimum atomic E-state index is -0.384. The molecule has 0 radical (unpaired) electrons. The van der Waals surface area contributed by atoms with Gasteiger partial charge in [0, 0.05) is 10.0 Å². The van der Waals surface area contributed by atoms with E-state index in [1.807, 2.05) is 24.3 Å². The molecule has 20 heavy (non-hydrogen) atoms. The van der Waals surface area contributed by atoms with Gasteiger partial charge in [-0.1, -0.05) is 22.0 Å². The summed E-state index contributed by atoms with van der Waals surface area (Å²) < 4.78 is 11.3. The number of methoxy groups -OCH3 is 1. The van der Waals surface area contributed by atoms with Gasteiger partial charge in [-0.25, -0.2) is 9.78 Å². The van der Waals surface area contributed by atoms with Crippen LogP contribution < -0.4 is 0 Å². The molecule has 0 fully saturated rings. The third kappa shape index (κ3) is 2.32. The molecule has 0 unspecified atom stereocenters. The Balaban J connectivity index is 2.08. The standard InChI is InChI=1S/C15H10BrNO3/c1-19-15(18)10-4-2-3-9(7-10)14-17-12-8-11(16)5-6-13(12)20-14/h2-8H,1H3. The molecule has 3 rings (SSSR count). The van der Waals surface area contributed by atoms with Crippen molar-refractivity contribution >= 4 is 33.0 Å². The average Bonchev–Trinajstić information content (AvgIpc) is 2.89. The van der Waals surface area contributed by atoms with Gasteiger partial charge in [0.05, 0.1) is 12.7 Å². The van der Waals surface area contributed by atoms with Crippen molar-refractivity contribution in [3.8, 4) is 11.5 Å². The summed E-state index contributed by atoms with van der Waals surface area (Å²) in [6.45, 7) is 0. The number of aromatic nitrogens is 1. The molecular formula is C15H10BrNO3. The van der Waals surface area contributed by atoms with Crippen molar-refractivity contribution in [3.05, 3.63) is 52.5 Å². The molecule has 1 aromatic heterocycles. The first-order valence-corrected chi connectivity index (χ1v) is 6.71. The number of halogens is 1. The first-order chi connectivity index (χ1) is 9.67. The van der Waals surface area contributed by atoms with Crippen LogP contribution >= 0.6 is 15.9 Å². The zero-order valence-electron chi connectivity index (χ0n) is 10.6. The number of benzene rings is 2. The van der Waals surface area contributed by atoms with E-state index < -0.39 is 0 Å². The van der Waals surface area contributed by atoms with E-state index in [0.717, 1.165) is 15.6 Å². The molecule has 0 N–H and O–H groups in total. The Hall–Kier alpha value is -2.14. The summed E-state index contributed by atoms with van der Waals surface area (Å²) in [6.07, 6.45) is 0. The molecule has 4 nitrogen and oxygen atoms in total. The molecule has 1 heterocycles. The lowest BCUT2D eigenvalue weighted by atomic mass is 10.1. The van der Waals surface area contributed by atoms with Gasteiger partial charge in [0.2, 0.25) is 5.89 Å². The van der Waals surface area contributed by atoms with Crippen molar-refractivity contribution in [2.24, 2.45) is 0 Å². The summed E-state index contributed by atoms with van der Waals surface area (Å²) in [5.41, 5.74) is 2.66. The van der Waals surface area contributed by atoms with Gasteiger partial charge in [-0.15, -0.1) is 0 Å². The van der Waals surface area contributed by atoms with E-state index in [4.69, 9.17) is 9.15 Å². The van der Waals surface area contributed by atoms with Crippen molar-refractivity contribution in [2.75, 3.05) is 7.11 Å². The summed E-state index contributed by atoms with van der Waals surface area (Å²) in [7, 11) is 1.35. The number of esters is 1. The number of hydrogen-bond acceptors (Lipinski definition) is 4. The van der Waals surface area contributed by atoms with Crippen LogP contribution in [0.4, 0.5) is 0 Å². The number of fused-ring (bicyclic) bond motifs is 1. The first-order valence-electron chi connectivity index (χ1n) is 5.92. The quantitative estimate of drug-likeness (QED) is 0.665. The van der Waals surface area contributed by atoms with Crippen LogP contribution in [-0.2, 0) is 4.74 Å². The largest absolute Gasteiger partial charge is 0.465 e. The van der Waals surface area contributed by atoms with Crippen molar-refractivity contribution < 1.29 is 13.9 Å². The monoisotopic (exact) mass is 331 g/mol. The molecule has 0 saturated heterocycles. The van der Waals surface area contributed by atoms with E-state index in [1.54, 1.807) is 18.2 Å². The third-order valence-electron chi connectivity index (χ3n) is 2.88. The van der Waals surface area contributed by atoms with Crippen LogP contribution in [0.5, 0.6) is 0 Å². The van der Waals surface area contributed by atoms with Gasteiger partial charge in [0.15, 0.2) is 5.58 Å². The minimum absolute atomic E-state index is 0.384. The topological polar surface area (TPSA) is 52.3 Å². The Morgan fingerprint density at radius 2 is 2.10 bits per heavy atom. The molecule has 0 atom stereocenters. The highest BCUT2D eigenvalue weighted by Crippen LogP contribution is 2.26. The maximum absolute atomic E-state index is 11.5. The predicted octanol–water partition coefficient (Wildman–Crippen LogP) is 4.04. The fourth-order valence-electron chi connectivity index (χ4n) is 1.92. The summed E-state index contributed by atoms with van der Waals surface area (Å²) in [4.78, 5) is 16.0. The molecule has 100 valence electrons. The zero-order chi connectivity index (χ0) is 14.1. The summed E-state index contributed by atoms with van der Waals surface area (Å²) in [5, 5.41) is 0. The van der Waals surface area contributed by atoms with E-state index in [9.17, 15) is 4.79 Å². The Kier molecular flexibility index (Phi) is 3.28. The Labute approximate surface area is 123 Å². The maximum Gasteiger partial charge on any atom is 0.337 e. The van der Waals surface area contributed by atoms with E-state index in [0.29, 0.717) is 17.0 Å². The van der Waals surface area contributed by atoms with E-state index in [-0.39, 0.29) is 5.97 Å². The van der Waals surface area contributed by atoms with Crippen LogP contribution in [0.1, 0.15) is 10.4 Å². The highest BCUT2D eigenvalue weighted by molar-refractivity contribution is 9.10. The predicted molar refractivity (Wildman–Crippen MR) is 78.5 cm³/mol. The van der Waals surface area contributed by atoms with E-state index in [2.05, 4.69) is 20.9 Å². The van der Waals surface area contributed by atoms with Crippen molar-refractivity contribution in [1.29, 1.82) is 0 Å². The number of nitrogens with zero attached hydrogens (tertiary/aromatic N) is 1. The number of carbonyl (C=O) groups is 1. The Bertz CT molecular complexity index is 795. The summed E-state index contributed by atoms with van der Waals surface area (Å²) >= 11 is 3.40. The molecule has 5 heteroatoms. The summed E-state index contributed by atoms with van der Waals surface area (Å²) in [5.74, 6) is 0.0922. The van der Waals surface area contributed by atoms with Crippen molar-refractivity contribution in [2.45, 2.75) is 0 Å². The van der Waals surface area contributed by atoms with Crippen LogP contribution in [0.25, 0.3) is 22.6 Å². The Morgan fingerprint density at radius 3 is 2.90 bits per heavy atom. The fraction of sp³-hybridized carbons (Fsp3) is 0.0667. The molecule has 0 amide bonds. The normalized spacial score (nSPS) is 10.7. The van der Waals surface area contributed by atoms with Crippen molar-refractivity contribution in [3.63, 3.8) is 0 Å². The van der Waals surface area contributed by atoms with Gasteiger partial charge >= 0.3 is 5.97 Å². The van der Waals surface area contributed by atoms with E-state index >= 15 is 0 Å². The maximum atomic E-state index is 11.5. The van der Waals surface area contributed by atoms with Crippen LogP contribution in [0.15, 0.2) is 51.4 Å². The lowest BCUT2D eigenvalue weighted by Crippen LogP contribution is -2.00. The lowest BCUT2D eigenvalue weighted by Gasteiger charge is -2.00. The highest BCUT2D eigenvalue weighted by Gasteiger charge is 2.11. The lowest BCUT2D eigenvalue weighted by molar-refractivity contribution is 0.0601. The molecular weight excluding hydrogens is 322 g/mol. The molecule has 0 aliphatic heterocycles. The second kappa shape index (κ2) is 5.09. The SMILES string of the molecule is COC(=O)c1cccc(-c2nc3cc(Br)ccc3o2)c1. The van der Waals surface area contributed by atoms with Gasteiger partial charge in [-0.05, 0) is 36.4 Å². The van der Waals surface area contributed by atoms with Crippen LogP contribution in [0.3, 0.4) is 0 Å². The highest BCUT2D eigenvalue weighted by atomic mass is 79.9. The first kappa shape index (κ1) is 12.9. The number of carbonyl (C=O) groups excluding carboxylic acids is 1. The molecule has 0 saturated carbocycles. The second-order valence-corrected chi connectivity index (χ2v) is 5.12.